The third-order valence-corrected chi connectivity index (χ3v) is 2.88. The van der Waals surface area contributed by atoms with Gasteiger partial charge in [-0.1, -0.05) is 24.3 Å². The standard InChI is InChI=1S/C16H11F3N2O4/c17-16(18,19)25-14-7-2-1-6-13(14)20-15(22)9-8-11-4-3-5-12(10-11)21(23)24/h1-10H,(H,20,22)/b9-8+. The number of non-ortho nitro benzene ring substituents is 1. The summed E-state index contributed by atoms with van der Waals surface area (Å²) < 4.78 is 40.8. The van der Waals surface area contributed by atoms with Crippen molar-refractivity contribution in [3.05, 3.63) is 70.3 Å². The van der Waals surface area contributed by atoms with Crippen molar-refractivity contribution in [2.45, 2.75) is 6.36 Å². The predicted molar refractivity (Wildman–Crippen MR) is 83.9 cm³/mol. The summed E-state index contributed by atoms with van der Waals surface area (Å²) in [6.07, 6.45) is -2.54. The fourth-order valence-corrected chi connectivity index (χ4v) is 1.87. The summed E-state index contributed by atoms with van der Waals surface area (Å²) in [6, 6.07) is 10.6. The van der Waals surface area contributed by atoms with E-state index in [2.05, 4.69) is 10.1 Å². The van der Waals surface area contributed by atoms with Gasteiger partial charge in [0.1, 0.15) is 0 Å². The first-order valence-corrected chi connectivity index (χ1v) is 6.83. The molecular formula is C16H11F3N2O4. The van der Waals surface area contributed by atoms with E-state index in [9.17, 15) is 28.1 Å². The van der Waals surface area contributed by atoms with Crippen LogP contribution < -0.4 is 10.1 Å². The van der Waals surface area contributed by atoms with Gasteiger partial charge in [0.15, 0.2) is 5.75 Å². The van der Waals surface area contributed by atoms with Gasteiger partial charge in [0.2, 0.25) is 5.91 Å². The lowest BCUT2D eigenvalue weighted by atomic mass is 10.2. The molecule has 0 radical (unpaired) electrons. The highest BCUT2D eigenvalue weighted by Crippen LogP contribution is 2.29. The van der Waals surface area contributed by atoms with Crippen LogP contribution in [-0.4, -0.2) is 17.2 Å². The number of para-hydroxylation sites is 2. The fraction of sp³-hybridized carbons (Fsp3) is 0.0625. The summed E-state index contributed by atoms with van der Waals surface area (Å²) in [4.78, 5) is 22.0. The fourth-order valence-electron chi connectivity index (χ4n) is 1.87. The van der Waals surface area contributed by atoms with Crippen molar-refractivity contribution in [1.29, 1.82) is 0 Å². The molecule has 0 aromatic heterocycles. The summed E-state index contributed by atoms with van der Waals surface area (Å²) in [7, 11) is 0. The number of hydrogen-bond acceptors (Lipinski definition) is 4. The number of ether oxygens (including phenoxy) is 1. The lowest BCUT2D eigenvalue weighted by molar-refractivity contribution is -0.384. The second-order valence-corrected chi connectivity index (χ2v) is 4.72. The number of anilines is 1. The van der Waals surface area contributed by atoms with Gasteiger partial charge in [0.25, 0.3) is 5.69 Å². The Balaban J connectivity index is 2.10. The van der Waals surface area contributed by atoms with Crippen molar-refractivity contribution < 1.29 is 27.6 Å². The molecule has 6 nitrogen and oxygen atoms in total. The summed E-state index contributed by atoms with van der Waals surface area (Å²) in [5.74, 6) is -1.27. The monoisotopic (exact) mass is 352 g/mol. The van der Waals surface area contributed by atoms with Crippen molar-refractivity contribution in [3.63, 3.8) is 0 Å². The highest BCUT2D eigenvalue weighted by molar-refractivity contribution is 6.02. The van der Waals surface area contributed by atoms with Gasteiger partial charge in [-0.15, -0.1) is 13.2 Å². The van der Waals surface area contributed by atoms with Crippen LogP contribution in [-0.2, 0) is 4.79 Å². The molecule has 130 valence electrons. The summed E-state index contributed by atoms with van der Waals surface area (Å²) >= 11 is 0. The molecule has 0 heterocycles. The first kappa shape index (κ1) is 18.0. The third-order valence-electron chi connectivity index (χ3n) is 2.88. The Morgan fingerprint density at radius 3 is 2.56 bits per heavy atom. The van der Waals surface area contributed by atoms with Crippen LogP contribution in [0.15, 0.2) is 54.6 Å². The molecule has 0 saturated carbocycles. The van der Waals surface area contributed by atoms with E-state index in [4.69, 9.17) is 0 Å². The van der Waals surface area contributed by atoms with E-state index < -0.39 is 22.9 Å². The maximum Gasteiger partial charge on any atom is 0.573 e. The maximum absolute atomic E-state index is 12.3. The Labute approximate surface area is 139 Å². The first-order valence-electron chi connectivity index (χ1n) is 6.83. The minimum Gasteiger partial charge on any atom is -0.404 e. The molecule has 0 aliphatic heterocycles. The van der Waals surface area contributed by atoms with Gasteiger partial charge in [0.05, 0.1) is 10.6 Å². The number of rotatable bonds is 5. The Hall–Kier alpha value is -3.36. The Morgan fingerprint density at radius 1 is 1.16 bits per heavy atom. The minimum absolute atomic E-state index is 0.147. The van der Waals surface area contributed by atoms with Crippen LogP contribution in [0, 0.1) is 10.1 Å². The third kappa shape index (κ3) is 5.65. The number of nitro benzene ring substituents is 1. The lowest BCUT2D eigenvalue weighted by Crippen LogP contribution is -2.19. The van der Waals surface area contributed by atoms with Crippen LogP contribution >= 0.6 is 0 Å². The molecule has 0 unspecified atom stereocenters. The second kappa shape index (κ2) is 7.47. The molecule has 0 saturated heterocycles. The Bertz CT molecular complexity index is 819. The molecule has 2 rings (SSSR count). The number of nitrogens with one attached hydrogen (secondary N) is 1. The molecule has 1 amide bonds. The SMILES string of the molecule is O=C(/C=C/c1cccc([N+](=O)[O-])c1)Nc1ccccc1OC(F)(F)F. The number of benzene rings is 2. The zero-order chi connectivity index (χ0) is 18.4. The zero-order valence-corrected chi connectivity index (χ0v) is 12.5. The Morgan fingerprint density at radius 2 is 1.88 bits per heavy atom. The molecule has 0 spiro atoms. The van der Waals surface area contributed by atoms with Crippen LogP contribution in [0.5, 0.6) is 5.75 Å². The van der Waals surface area contributed by atoms with Gasteiger partial charge in [-0.05, 0) is 23.8 Å². The highest BCUT2D eigenvalue weighted by Gasteiger charge is 2.32. The van der Waals surface area contributed by atoms with E-state index in [1.54, 1.807) is 0 Å². The van der Waals surface area contributed by atoms with Crippen molar-refractivity contribution in [1.82, 2.24) is 0 Å². The molecule has 0 bridgehead atoms. The Kier molecular flexibility index (Phi) is 5.38. The molecule has 9 heteroatoms. The number of nitrogens with zero attached hydrogens (tertiary/aromatic N) is 1. The lowest BCUT2D eigenvalue weighted by Gasteiger charge is -2.13. The van der Waals surface area contributed by atoms with E-state index in [0.29, 0.717) is 5.56 Å². The smallest absolute Gasteiger partial charge is 0.404 e. The molecule has 2 aromatic carbocycles. The maximum atomic E-state index is 12.3. The molecule has 0 aliphatic rings. The average molecular weight is 352 g/mol. The molecule has 2 aromatic rings. The van der Waals surface area contributed by atoms with Crippen molar-refractivity contribution in [2.75, 3.05) is 5.32 Å². The largest absolute Gasteiger partial charge is 0.573 e. The normalized spacial score (nSPS) is 11.3. The van der Waals surface area contributed by atoms with Gasteiger partial charge in [-0.2, -0.15) is 0 Å². The van der Waals surface area contributed by atoms with Crippen LogP contribution in [0.2, 0.25) is 0 Å². The van der Waals surface area contributed by atoms with E-state index >= 15 is 0 Å². The number of hydrogen-bond donors (Lipinski definition) is 1. The highest BCUT2D eigenvalue weighted by atomic mass is 19.4. The van der Waals surface area contributed by atoms with Gasteiger partial charge in [0, 0.05) is 18.2 Å². The van der Waals surface area contributed by atoms with Crippen molar-refractivity contribution >= 4 is 23.4 Å². The van der Waals surface area contributed by atoms with Crippen LogP contribution in [0.1, 0.15) is 5.56 Å². The zero-order valence-electron chi connectivity index (χ0n) is 12.5. The van der Waals surface area contributed by atoms with Crippen molar-refractivity contribution in [2.24, 2.45) is 0 Å². The minimum atomic E-state index is -4.89. The van der Waals surface area contributed by atoms with Gasteiger partial charge in [-0.25, -0.2) is 0 Å². The summed E-state index contributed by atoms with van der Waals surface area (Å²) in [5, 5.41) is 12.9. The number of nitro groups is 1. The quantitative estimate of drug-likeness (QED) is 0.498. The number of amides is 1. The molecular weight excluding hydrogens is 341 g/mol. The van der Waals surface area contributed by atoms with E-state index in [1.807, 2.05) is 0 Å². The summed E-state index contributed by atoms with van der Waals surface area (Å²) in [6.45, 7) is 0. The molecule has 1 N–H and O–H groups in total. The number of alkyl halides is 3. The predicted octanol–water partition coefficient (Wildman–Crippen LogP) is 4.15. The average Bonchev–Trinajstić information content (AvgIpc) is 2.54. The van der Waals surface area contributed by atoms with Crippen LogP contribution in [0.4, 0.5) is 24.5 Å². The number of carbonyl (C=O) groups is 1. The van der Waals surface area contributed by atoms with Crippen LogP contribution in [0.25, 0.3) is 6.08 Å². The molecule has 0 atom stereocenters. The first-order chi connectivity index (χ1) is 11.7. The van der Waals surface area contributed by atoms with Crippen molar-refractivity contribution in [3.8, 4) is 5.75 Å². The molecule has 25 heavy (non-hydrogen) atoms. The van der Waals surface area contributed by atoms with E-state index in [-0.39, 0.29) is 11.4 Å². The van der Waals surface area contributed by atoms with Crippen LogP contribution in [0.3, 0.4) is 0 Å². The molecule has 0 fully saturated rings. The van der Waals surface area contributed by atoms with E-state index in [1.165, 1.54) is 48.5 Å². The number of halogens is 3. The second-order valence-electron chi connectivity index (χ2n) is 4.72. The van der Waals surface area contributed by atoms with E-state index in [0.717, 1.165) is 12.1 Å². The number of carbonyl (C=O) groups excluding carboxylic acids is 1. The summed E-state index contributed by atoms with van der Waals surface area (Å²) in [5.41, 5.74) is 0.0872. The van der Waals surface area contributed by atoms with Gasteiger partial charge < -0.3 is 10.1 Å². The van der Waals surface area contributed by atoms with Gasteiger partial charge >= 0.3 is 6.36 Å². The molecule has 0 aliphatic carbocycles. The topological polar surface area (TPSA) is 81.5 Å². The van der Waals surface area contributed by atoms with Gasteiger partial charge in [-0.3, -0.25) is 14.9 Å².